The Hall–Kier alpha value is -2.24. The van der Waals surface area contributed by atoms with Crippen LogP contribution in [-0.4, -0.2) is 19.0 Å². The summed E-state index contributed by atoms with van der Waals surface area (Å²) in [5.74, 6) is -0.552. The monoisotopic (exact) mass is 239 g/mol. The third-order valence-corrected chi connectivity index (χ3v) is 1.71. The predicted molar refractivity (Wildman–Crippen MR) is 59.0 cm³/mol. The highest BCUT2D eigenvalue weighted by Gasteiger charge is 2.13. The van der Waals surface area contributed by atoms with Gasteiger partial charge in [0.1, 0.15) is 11.4 Å². The zero-order chi connectivity index (χ0) is 12.8. The van der Waals surface area contributed by atoms with Crippen molar-refractivity contribution in [3.05, 3.63) is 24.3 Å². The van der Waals surface area contributed by atoms with Crippen LogP contribution in [0, 0.1) is 0 Å². The van der Waals surface area contributed by atoms with E-state index in [4.69, 9.17) is 14.4 Å². The lowest BCUT2D eigenvalue weighted by Gasteiger charge is -2.19. The number of carbonyl (C=O) groups is 2. The number of hydrogen-bond acceptors (Lipinski definition) is 6. The molecule has 0 atom stereocenters. The van der Waals surface area contributed by atoms with Crippen LogP contribution < -0.4 is 9.96 Å². The van der Waals surface area contributed by atoms with E-state index in [9.17, 15) is 9.59 Å². The molecule has 0 aliphatic heterocycles. The molecule has 6 nitrogen and oxygen atoms in total. The number of hydrogen-bond donors (Lipinski definition) is 0. The molecule has 0 spiro atoms. The number of anilines is 1. The van der Waals surface area contributed by atoms with E-state index in [1.807, 2.05) is 0 Å². The minimum atomic E-state index is -0.595. The first kappa shape index (κ1) is 12.8. The van der Waals surface area contributed by atoms with E-state index >= 15 is 0 Å². The summed E-state index contributed by atoms with van der Waals surface area (Å²) < 4.78 is 4.98. The van der Waals surface area contributed by atoms with Gasteiger partial charge >= 0.3 is 11.9 Å². The van der Waals surface area contributed by atoms with Crippen LogP contribution in [0.25, 0.3) is 0 Å². The molecule has 0 bridgehead atoms. The lowest BCUT2D eigenvalue weighted by Crippen LogP contribution is -2.28. The largest absolute Gasteiger partial charge is 0.497 e. The van der Waals surface area contributed by atoms with Gasteiger partial charge in [-0.3, -0.25) is 0 Å². The van der Waals surface area contributed by atoms with Crippen LogP contribution in [0.2, 0.25) is 0 Å². The van der Waals surface area contributed by atoms with Gasteiger partial charge in [0.25, 0.3) is 0 Å². The standard InChI is InChI=1S/C11H13NO5/c1-8(13)16-12(17-9(2)14)10-4-6-11(15-3)7-5-10/h4-7H,1-3H3. The Bertz CT molecular complexity index is 385. The maximum Gasteiger partial charge on any atom is 0.333 e. The van der Waals surface area contributed by atoms with Gasteiger partial charge in [-0.15, -0.1) is 0 Å². The van der Waals surface area contributed by atoms with Crippen molar-refractivity contribution in [2.45, 2.75) is 13.8 Å². The lowest BCUT2D eigenvalue weighted by molar-refractivity contribution is -0.171. The fraction of sp³-hybridized carbons (Fsp3) is 0.273. The van der Waals surface area contributed by atoms with E-state index in [-0.39, 0.29) is 0 Å². The van der Waals surface area contributed by atoms with Gasteiger partial charge in [-0.05, 0) is 29.5 Å². The van der Waals surface area contributed by atoms with Gasteiger partial charge in [0.05, 0.1) is 7.11 Å². The molecule has 0 radical (unpaired) electrons. The summed E-state index contributed by atoms with van der Waals surface area (Å²) >= 11 is 0. The number of rotatable bonds is 4. The van der Waals surface area contributed by atoms with Crippen LogP contribution in [0.1, 0.15) is 13.8 Å². The number of nitrogens with zero attached hydrogens (tertiary/aromatic N) is 1. The van der Waals surface area contributed by atoms with E-state index in [0.29, 0.717) is 11.4 Å². The minimum Gasteiger partial charge on any atom is -0.497 e. The molecule has 1 aromatic rings. The minimum absolute atomic E-state index is 0.399. The second kappa shape index (κ2) is 5.74. The predicted octanol–water partition coefficient (Wildman–Crippen LogP) is 1.46. The first-order valence-electron chi connectivity index (χ1n) is 4.84. The lowest BCUT2D eigenvalue weighted by atomic mass is 10.3. The first-order valence-corrected chi connectivity index (χ1v) is 4.84. The van der Waals surface area contributed by atoms with Crippen molar-refractivity contribution in [2.24, 2.45) is 0 Å². The second-order valence-corrected chi connectivity index (χ2v) is 3.12. The maximum atomic E-state index is 10.9. The number of ether oxygens (including phenoxy) is 1. The summed E-state index contributed by atoms with van der Waals surface area (Å²) in [7, 11) is 1.53. The van der Waals surface area contributed by atoms with Gasteiger partial charge in [0.15, 0.2) is 0 Å². The van der Waals surface area contributed by atoms with Gasteiger partial charge in [0.2, 0.25) is 0 Å². The van der Waals surface area contributed by atoms with E-state index in [2.05, 4.69) is 0 Å². The second-order valence-electron chi connectivity index (χ2n) is 3.12. The molecule has 0 N–H and O–H groups in total. The molecule has 6 heteroatoms. The molecule has 0 saturated carbocycles. The van der Waals surface area contributed by atoms with Crippen molar-refractivity contribution < 1.29 is 24.0 Å². The molecule has 0 aliphatic carbocycles. The number of methoxy groups -OCH3 is 1. The molecule has 0 aliphatic rings. The van der Waals surface area contributed by atoms with Crippen LogP contribution in [0.4, 0.5) is 5.69 Å². The Balaban J connectivity index is 2.86. The summed E-state index contributed by atoms with van der Waals surface area (Å²) in [6.45, 7) is 2.42. The highest BCUT2D eigenvalue weighted by Crippen LogP contribution is 2.20. The fourth-order valence-corrected chi connectivity index (χ4v) is 1.06. The molecule has 17 heavy (non-hydrogen) atoms. The van der Waals surface area contributed by atoms with Crippen molar-refractivity contribution >= 4 is 17.6 Å². The highest BCUT2D eigenvalue weighted by molar-refractivity contribution is 5.70. The highest BCUT2D eigenvalue weighted by atomic mass is 17.0. The van der Waals surface area contributed by atoms with E-state index in [1.54, 1.807) is 24.3 Å². The fourth-order valence-electron chi connectivity index (χ4n) is 1.06. The Morgan fingerprint density at radius 3 is 1.82 bits per heavy atom. The Morgan fingerprint density at radius 2 is 1.47 bits per heavy atom. The maximum absolute atomic E-state index is 10.9. The smallest absolute Gasteiger partial charge is 0.333 e. The van der Waals surface area contributed by atoms with Gasteiger partial charge in [-0.25, -0.2) is 9.59 Å². The average molecular weight is 239 g/mol. The Labute approximate surface area is 98.6 Å². The van der Waals surface area contributed by atoms with E-state index in [1.165, 1.54) is 21.0 Å². The first-order chi connectivity index (χ1) is 8.02. The summed E-state index contributed by atoms with van der Waals surface area (Å²) in [4.78, 5) is 31.2. The van der Waals surface area contributed by atoms with E-state index in [0.717, 1.165) is 5.23 Å². The van der Waals surface area contributed by atoms with Crippen molar-refractivity contribution in [1.82, 2.24) is 0 Å². The van der Waals surface area contributed by atoms with Crippen LogP contribution in [0.5, 0.6) is 5.75 Å². The summed E-state index contributed by atoms with van der Waals surface area (Å²) in [5.41, 5.74) is 0.399. The number of benzene rings is 1. The molecular formula is C11H13NO5. The molecule has 0 unspecified atom stereocenters. The van der Waals surface area contributed by atoms with Crippen molar-refractivity contribution in [1.29, 1.82) is 0 Å². The van der Waals surface area contributed by atoms with Crippen molar-refractivity contribution in [2.75, 3.05) is 12.3 Å². The zero-order valence-electron chi connectivity index (χ0n) is 9.80. The zero-order valence-corrected chi connectivity index (χ0v) is 9.80. The third-order valence-electron chi connectivity index (χ3n) is 1.71. The summed E-state index contributed by atoms with van der Waals surface area (Å²) in [6.07, 6.45) is 0. The van der Waals surface area contributed by atoms with Crippen molar-refractivity contribution in [3.63, 3.8) is 0 Å². The van der Waals surface area contributed by atoms with E-state index < -0.39 is 11.9 Å². The van der Waals surface area contributed by atoms with Crippen LogP contribution in [-0.2, 0) is 19.3 Å². The Morgan fingerprint density at radius 1 is 1.00 bits per heavy atom. The third kappa shape index (κ3) is 4.02. The number of carbonyl (C=O) groups excluding carboxylic acids is 2. The molecule has 0 fully saturated rings. The molecule has 0 saturated heterocycles. The topological polar surface area (TPSA) is 65.1 Å². The summed E-state index contributed by atoms with van der Waals surface area (Å²) in [6, 6.07) is 6.47. The molecule has 1 aromatic carbocycles. The molecule has 1 rings (SSSR count). The normalized spacial score (nSPS) is 9.35. The molecule has 0 amide bonds. The van der Waals surface area contributed by atoms with Gasteiger partial charge in [0, 0.05) is 13.8 Å². The molecule has 0 heterocycles. The average Bonchev–Trinajstić information content (AvgIpc) is 2.27. The van der Waals surface area contributed by atoms with Gasteiger partial charge in [-0.1, -0.05) is 0 Å². The SMILES string of the molecule is COc1ccc(N(OC(C)=O)OC(C)=O)cc1. The summed E-state index contributed by atoms with van der Waals surface area (Å²) in [5, 5.41) is 0.754. The Kier molecular flexibility index (Phi) is 4.33. The van der Waals surface area contributed by atoms with Crippen LogP contribution in [0.3, 0.4) is 0 Å². The molecular weight excluding hydrogens is 226 g/mol. The van der Waals surface area contributed by atoms with Gasteiger partial charge in [-0.2, -0.15) is 0 Å². The molecule has 92 valence electrons. The van der Waals surface area contributed by atoms with Crippen LogP contribution in [0.15, 0.2) is 24.3 Å². The van der Waals surface area contributed by atoms with Gasteiger partial charge < -0.3 is 14.4 Å². The molecule has 0 aromatic heterocycles. The van der Waals surface area contributed by atoms with Crippen molar-refractivity contribution in [3.8, 4) is 5.75 Å². The van der Waals surface area contributed by atoms with Crippen LogP contribution >= 0.6 is 0 Å². The quantitative estimate of drug-likeness (QED) is 0.741.